The predicted molar refractivity (Wildman–Crippen MR) is 81.1 cm³/mol. The van der Waals surface area contributed by atoms with Crippen molar-refractivity contribution in [3.63, 3.8) is 0 Å². The number of methoxy groups -OCH3 is 1. The third kappa shape index (κ3) is 3.63. The Hall–Kier alpha value is -1.29. The molecule has 1 atom stereocenters. The van der Waals surface area contributed by atoms with Crippen molar-refractivity contribution in [1.82, 2.24) is 0 Å². The van der Waals surface area contributed by atoms with Crippen molar-refractivity contribution in [2.75, 3.05) is 19.0 Å². The van der Waals surface area contributed by atoms with Crippen LogP contribution < -0.4 is 5.32 Å². The molecule has 0 saturated carbocycles. The molecule has 0 aliphatic heterocycles. The molecular weight excluding hydrogens is 300 g/mol. The molecule has 2 aromatic rings. The molecule has 0 aromatic heterocycles. The first kappa shape index (κ1) is 15.1. The van der Waals surface area contributed by atoms with Crippen LogP contribution in [0.5, 0.6) is 0 Å². The zero-order valence-electron chi connectivity index (χ0n) is 10.9. The zero-order valence-corrected chi connectivity index (χ0v) is 12.4. The van der Waals surface area contributed by atoms with Crippen molar-refractivity contribution in [2.24, 2.45) is 0 Å². The summed E-state index contributed by atoms with van der Waals surface area (Å²) in [4.78, 5) is 0. The molecule has 2 nitrogen and oxygen atoms in total. The molecular formula is C15H14Cl2FNO. The van der Waals surface area contributed by atoms with Gasteiger partial charge in [0, 0.05) is 12.8 Å². The number of ether oxygens (including phenoxy) is 1. The van der Waals surface area contributed by atoms with Crippen LogP contribution in [0.15, 0.2) is 42.5 Å². The quantitative estimate of drug-likeness (QED) is 0.790. The SMILES string of the molecule is COCC(Nc1cc(Cl)c(F)c(Cl)c1)c1ccccc1. The highest BCUT2D eigenvalue weighted by Crippen LogP contribution is 2.29. The highest BCUT2D eigenvalue weighted by molar-refractivity contribution is 6.35. The van der Waals surface area contributed by atoms with Crippen molar-refractivity contribution in [3.8, 4) is 0 Å². The highest BCUT2D eigenvalue weighted by atomic mass is 35.5. The van der Waals surface area contributed by atoms with E-state index in [1.165, 1.54) is 12.1 Å². The molecule has 0 radical (unpaired) electrons. The molecule has 0 aliphatic rings. The van der Waals surface area contributed by atoms with Crippen LogP contribution in [0.25, 0.3) is 0 Å². The van der Waals surface area contributed by atoms with Gasteiger partial charge in [-0.25, -0.2) is 4.39 Å². The van der Waals surface area contributed by atoms with Gasteiger partial charge in [-0.15, -0.1) is 0 Å². The van der Waals surface area contributed by atoms with Crippen LogP contribution in [0.4, 0.5) is 10.1 Å². The maximum Gasteiger partial charge on any atom is 0.160 e. The Kier molecular flexibility index (Phi) is 5.24. The van der Waals surface area contributed by atoms with Crippen LogP contribution >= 0.6 is 23.2 Å². The van der Waals surface area contributed by atoms with Gasteiger partial charge >= 0.3 is 0 Å². The summed E-state index contributed by atoms with van der Waals surface area (Å²) in [5.74, 6) is -0.609. The molecule has 2 rings (SSSR count). The number of anilines is 1. The smallest absolute Gasteiger partial charge is 0.160 e. The molecule has 5 heteroatoms. The molecule has 106 valence electrons. The second-order valence-corrected chi connectivity index (χ2v) is 5.13. The Morgan fingerprint density at radius 2 is 1.75 bits per heavy atom. The second kappa shape index (κ2) is 6.93. The van der Waals surface area contributed by atoms with Gasteiger partial charge in [0.05, 0.1) is 22.7 Å². The van der Waals surface area contributed by atoms with Gasteiger partial charge in [0.2, 0.25) is 0 Å². The van der Waals surface area contributed by atoms with Crippen LogP contribution in [0.2, 0.25) is 10.0 Å². The molecule has 20 heavy (non-hydrogen) atoms. The molecule has 0 aliphatic carbocycles. The Balaban J connectivity index is 2.25. The van der Waals surface area contributed by atoms with Gasteiger partial charge in [0.25, 0.3) is 0 Å². The van der Waals surface area contributed by atoms with Crippen LogP contribution in [0.3, 0.4) is 0 Å². The Morgan fingerprint density at radius 3 is 2.30 bits per heavy atom. The lowest BCUT2D eigenvalue weighted by Gasteiger charge is -2.20. The first-order chi connectivity index (χ1) is 9.61. The first-order valence-corrected chi connectivity index (χ1v) is 6.82. The number of nitrogens with one attached hydrogen (secondary N) is 1. The first-order valence-electron chi connectivity index (χ1n) is 6.06. The fourth-order valence-electron chi connectivity index (χ4n) is 1.91. The average molecular weight is 314 g/mol. The fourth-order valence-corrected chi connectivity index (χ4v) is 2.40. The highest BCUT2D eigenvalue weighted by Gasteiger charge is 2.13. The van der Waals surface area contributed by atoms with Crippen LogP contribution in [-0.4, -0.2) is 13.7 Å². The van der Waals surface area contributed by atoms with Crippen LogP contribution in [-0.2, 0) is 4.74 Å². The summed E-state index contributed by atoms with van der Waals surface area (Å²) in [6, 6.07) is 12.8. The lowest BCUT2D eigenvalue weighted by atomic mass is 10.1. The van der Waals surface area contributed by atoms with Crippen LogP contribution in [0.1, 0.15) is 11.6 Å². The maximum absolute atomic E-state index is 13.4. The molecule has 1 unspecified atom stereocenters. The van der Waals surface area contributed by atoms with Gasteiger partial charge in [-0.2, -0.15) is 0 Å². The third-order valence-corrected chi connectivity index (χ3v) is 3.41. The average Bonchev–Trinajstić information content (AvgIpc) is 2.45. The minimum Gasteiger partial charge on any atom is -0.382 e. The summed E-state index contributed by atoms with van der Waals surface area (Å²) < 4.78 is 18.6. The van der Waals surface area contributed by atoms with Gasteiger partial charge in [0.1, 0.15) is 0 Å². The molecule has 0 spiro atoms. The van der Waals surface area contributed by atoms with Crippen molar-refractivity contribution < 1.29 is 9.13 Å². The lowest BCUT2D eigenvalue weighted by Crippen LogP contribution is -2.16. The number of benzene rings is 2. The molecule has 0 fully saturated rings. The van der Waals surface area contributed by atoms with E-state index in [1.54, 1.807) is 7.11 Å². The Labute approximate surface area is 127 Å². The second-order valence-electron chi connectivity index (χ2n) is 4.32. The van der Waals surface area contributed by atoms with Gasteiger partial charge < -0.3 is 10.1 Å². The summed E-state index contributed by atoms with van der Waals surface area (Å²) in [5.41, 5.74) is 1.71. The monoisotopic (exact) mass is 313 g/mol. The van der Waals surface area contributed by atoms with Gasteiger partial charge in [-0.3, -0.25) is 0 Å². The largest absolute Gasteiger partial charge is 0.382 e. The summed E-state index contributed by atoms with van der Waals surface area (Å²) in [7, 11) is 1.63. The van der Waals surface area contributed by atoms with Gasteiger partial charge in [-0.1, -0.05) is 53.5 Å². The van der Waals surface area contributed by atoms with E-state index in [2.05, 4.69) is 5.32 Å². The molecule has 1 N–H and O–H groups in total. The summed E-state index contributed by atoms with van der Waals surface area (Å²) in [6.07, 6.45) is 0. The minimum absolute atomic E-state index is 0.00997. The van der Waals surface area contributed by atoms with E-state index in [0.29, 0.717) is 12.3 Å². The third-order valence-electron chi connectivity index (χ3n) is 2.86. The van der Waals surface area contributed by atoms with Crippen molar-refractivity contribution in [2.45, 2.75) is 6.04 Å². The topological polar surface area (TPSA) is 21.3 Å². The van der Waals surface area contributed by atoms with Crippen molar-refractivity contribution in [3.05, 3.63) is 63.9 Å². The summed E-state index contributed by atoms with van der Waals surface area (Å²) in [6.45, 7) is 0.469. The number of rotatable bonds is 5. The lowest BCUT2D eigenvalue weighted by molar-refractivity contribution is 0.186. The van der Waals surface area contributed by atoms with Gasteiger partial charge in [-0.05, 0) is 17.7 Å². The van der Waals surface area contributed by atoms with Gasteiger partial charge in [0.15, 0.2) is 5.82 Å². The Morgan fingerprint density at radius 1 is 1.15 bits per heavy atom. The number of halogens is 3. The van der Waals surface area contributed by atoms with E-state index in [1.807, 2.05) is 30.3 Å². The van der Waals surface area contributed by atoms with E-state index in [-0.39, 0.29) is 16.1 Å². The summed E-state index contributed by atoms with van der Waals surface area (Å²) >= 11 is 11.6. The van der Waals surface area contributed by atoms with Crippen molar-refractivity contribution in [1.29, 1.82) is 0 Å². The normalized spacial score (nSPS) is 12.2. The number of hydrogen-bond donors (Lipinski definition) is 1. The molecule has 0 saturated heterocycles. The van der Waals surface area contributed by atoms with E-state index in [0.717, 1.165) is 5.56 Å². The fraction of sp³-hybridized carbons (Fsp3) is 0.200. The molecule has 2 aromatic carbocycles. The predicted octanol–water partition coefficient (Wildman–Crippen LogP) is 4.93. The van der Waals surface area contributed by atoms with E-state index in [4.69, 9.17) is 27.9 Å². The van der Waals surface area contributed by atoms with E-state index in [9.17, 15) is 4.39 Å². The van der Waals surface area contributed by atoms with Crippen LogP contribution in [0, 0.1) is 5.82 Å². The standard InChI is InChI=1S/C15H14Cl2FNO/c1-20-9-14(10-5-3-2-4-6-10)19-11-7-12(16)15(18)13(17)8-11/h2-8,14,19H,9H2,1H3. The number of hydrogen-bond acceptors (Lipinski definition) is 2. The minimum atomic E-state index is -0.609. The maximum atomic E-state index is 13.4. The molecule has 0 bridgehead atoms. The van der Waals surface area contributed by atoms with E-state index >= 15 is 0 Å². The van der Waals surface area contributed by atoms with E-state index < -0.39 is 5.82 Å². The summed E-state index contributed by atoms with van der Waals surface area (Å²) in [5, 5.41) is 3.22. The van der Waals surface area contributed by atoms with Crippen molar-refractivity contribution >= 4 is 28.9 Å². The molecule has 0 heterocycles. The Bertz CT molecular complexity index is 554. The zero-order chi connectivity index (χ0) is 14.5. The molecule has 0 amide bonds.